The number of ether oxygens (including phenoxy) is 2. The van der Waals surface area contributed by atoms with Crippen molar-refractivity contribution in [3.05, 3.63) is 58.8 Å². The highest BCUT2D eigenvalue weighted by atomic mass is 35.5. The summed E-state index contributed by atoms with van der Waals surface area (Å²) in [5.74, 6) is 2.07. The van der Waals surface area contributed by atoms with Gasteiger partial charge in [0, 0.05) is 34.4 Å². The van der Waals surface area contributed by atoms with Gasteiger partial charge in [-0.2, -0.15) is 4.98 Å². The predicted octanol–water partition coefficient (Wildman–Crippen LogP) is 4.81. The van der Waals surface area contributed by atoms with Gasteiger partial charge in [-0.25, -0.2) is 4.98 Å². The Bertz CT molecular complexity index is 1240. The van der Waals surface area contributed by atoms with Gasteiger partial charge in [0.2, 0.25) is 24.4 Å². The third-order valence-electron chi connectivity index (χ3n) is 4.56. The highest BCUT2D eigenvalue weighted by Crippen LogP contribution is 2.36. The first-order valence-electron chi connectivity index (χ1n) is 9.38. The molecule has 3 heterocycles. The Balaban J connectivity index is 1.18. The lowest BCUT2D eigenvalue weighted by Gasteiger charge is -2.01. The number of aromatic nitrogens is 3. The molecule has 5 rings (SSSR count). The van der Waals surface area contributed by atoms with Crippen molar-refractivity contribution in [3.8, 4) is 34.1 Å². The standard InChI is InChI=1S/C21H15ClN4O4S/c22-14-4-1-12(2-5-14)20-25-19(30-26-20)8-7-18(27)24-21-23-15(10-31-21)13-3-6-16-17(9-13)29-11-28-16/h1-6,9-10H,7-8,11H2,(H,23,24,27). The molecule has 0 aliphatic carbocycles. The molecule has 8 nitrogen and oxygen atoms in total. The number of aryl methyl sites for hydroxylation is 1. The molecule has 1 aliphatic heterocycles. The summed E-state index contributed by atoms with van der Waals surface area (Å²) < 4.78 is 16.0. The molecule has 4 aromatic rings. The Morgan fingerprint density at radius 3 is 2.74 bits per heavy atom. The fourth-order valence-electron chi connectivity index (χ4n) is 2.99. The smallest absolute Gasteiger partial charge is 0.231 e. The molecule has 0 bridgehead atoms. The molecule has 10 heteroatoms. The highest BCUT2D eigenvalue weighted by Gasteiger charge is 2.16. The zero-order valence-corrected chi connectivity index (χ0v) is 17.6. The first-order chi connectivity index (χ1) is 15.1. The third-order valence-corrected chi connectivity index (χ3v) is 5.57. The second-order valence-corrected chi connectivity index (χ2v) is 7.97. The monoisotopic (exact) mass is 454 g/mol. The second kappa shape index (κ2) is 8.37. The number of thiazole rings is 1. The Hall–Kier alpha value is -3.43. The van der Waals surface area contributed by atoms with Crippen LogP contribution in [0.25, 0.3) is 22.6 Å². The molecule has 1 amide bonds. The molecule has 0 atom stereocenters. The van der Waals surface area contributed by atoms with Gasteiger partial charge in [0.25, 0.3) is 0 Å². The molecule has 0 spiro atoms. The van der Waals surface area contributed by atoms with E-state index in [0.29, 0.717) is 39.8 Å². The van der Waals surface area contributed by atoms with Crippen molar-refractivity contribution in [1.29, 1.82) is 0 Å². The van der Waals surface area contributed by atoms with E-state index in [2.05, 4.69) is 20.4 Å². The lowest BCUT2D eigenvalue weighted by Crippen LogP contribution is -2.12. The highest BCUT2D eigenvalue weighted by molar-refractivity contribution is 7.14. The number of benzene rings is 2. The lowest BCUT2D eigenvalue weighted by molar-refractivity contribution is -0.116. The van der Waals surface area contributed by atoms with Crippen LogP contribution in [0.3, 0.4) is 0 Å². The van der Waals surface area contributed by atoms with Crippen LogP contribution in [0.2, 0.25) is 5.02 Å². The average Bonchev–Trinajstić information content (AvgIpc) is 3.53. The summed E-state index contributed by atoms with van der Waals surface area (Å²) >= 11 is 7.24. The summed E-state index contributed by atoms with van der Waals surface area (Å²) in [6, 6.07) is 12.8. The van der Waals surface area contributed by atoms with Crippen LogP contribution < -0.4 is 14.8 Å². The van der Waals surface area contributed by atoms with Gasteiger partial charge in [-0.15, -0.1) is 11.3 Å². The average molecular weight is 455 g/mol. The second-order valence-electron chi connectivity index (χ2n) is 6.67. The minimum Gasteiger partial charge on any atom is -0.454 e. The van der Waals surface area contributed by atoms with Crippen molar-refractivity contribution in [2.75, 3.05) is 12.1 Å². The number of hydrogen-bond donors (Lipinski definition) is 1. The van der Waals surface area contributed by atoms with E-state index in [1.165, 1.54) is 11.3 Å². The van der Waals surface area contributed by atoms with E-state index < -0.39 is 0 Å². The predicted molar refractivity (Wildman–Crippen MR) is 115 cm³/mol. The molecule has 0 radical (unpaired) electrons. The molecule has 156 valence electrons. The van der Waals surface area contributed by atoms with E-state index in [1.807, 2.05) is 35.7 Å². The number of hydrogen-bond acceptors (Lipinski definition) is 8. The van der Waals surface area contributed by atoms with Crippen molar-refractivity contribution in [2.45, 2.75) is 12.8 Å². The zero-order valence-electron chi connectivity index (χ0n) is 16.0. The number of nitrogens with zero attached hydrogens (tertiary/aromatic N) is 3. The molecular weight excluding hydrogens is 440 g/mol. The van der Waals surface area contributed by atoms with Crippen LogP contribution >= 0.6 is 22.9 Å². The quantitative estimate of drug-likeness (QED) is 0.446. The lowest BCUT2D eigenvalue weighted by atomic mass is 10.1. The number of carbonyl (C=O) groups excluding carboxylic acids is 1. The minimum absolute atomic E-state index is 0.183. The fraction of sp³-hybridized carbons (Fsp3) is 0.143. The topological polar surface area (TPSA) is 99.4 Å². The van der Waals surface area contributed by atoms with E-state index in [0.717, 1.165) is 16.8 Å². The summed E-state index contributed by atoms with van der Waals surface area (Å²) in [5.41, 5.74) is 2.44. The summed E-state index contributed by atoms with van der Waals surface area (Å²) in [7, 11) is 0. The van der Waals surface area contributed by atoms with Gasteiger partial charge in [0.1, 0.15) is 0 Å². The van der Waals surface area contributed by atoms with Crippen LogP contribution in [0.1, 0.15) is 12.3 Å². The fourth-order valence-corrected chi connectivity index (χ4v) is 3.86. The van der Waals surface area contributed by atoms with Crippen LogP contribution in [-0.4, -0.2) is 27.8 Å². The van der Waals surface area contributed by atoms with Crippen LogP contribution in [0, 0.1) is 0 Å². The Morgan fingerprint density at radius 2 is 1.87 bits per heavy atom. The van der Waals surface area contributed by atoms with E-state index >= 15 is 0 Å². The normalized spacial score (nSPS) is 12.2. The van der Waals surface area contributed by atoms with Crippen LogP contribution in [0.5, 0.6) is 11.5 Å². The number of fused-ring (bicyclic) bond motifs is 1. The molecule has 2 aromatic carbocycles. The van der Waals surface area contributed by atoms with Crippen molar-refractivity contribution in [2.24, 2.45) is 0 Å². The van der Waals surface area contributed by atoms with E-state index in [4.69, 9.17) is 25.6 Å². The number of rotatable bonds is 6. The van der Waals surface area contributed by atoms with Crippen molar-refractivity contribution < 1.29 is 18.8 Å². The summed E-state index contributed by atoms with van der Waals surface area (Å²) in [4.78, 5) is 21.1. The van der Waals surface area contributed by atoms with Crippen LogP contribution in [0.4, 0.5) is 5.13 Å². The molecule has 0 saturated carbocycles. The molecule has 1 aliphatic rings. The maximum Gasteiger partial charge on any atom is 0.231 e. The van der Waals surface area contributed by atoms with E-state index in [-0.39, 0.29) is 19.1 Å². The van der Waals surface area contributed by atoms with Gasteiger partial charge < -0.3 is 19.3 Å². The SMILES string of the molecule is O=C(CCc1nc(-c2ccc(Cl)cc2)no1)Nc1nc(-c2ccc3c(c2)OCO3)cs1. The third kappa shape index (κ3) is 4.37. The van der Waals surface area contributed by atoms with Gasteiger partial charge in [0.15, 0.2) is 16.6 Å². The minimum atomic E-state index is -0.183. The molecule has 2 aromatic heterocycles. The first-order valence-corrected chi connectivity index (χ1v) is 10.6. The number of anilines is 1. The van der Waals surface area contributed by atoms with Gasteiger partial charge in [-0.1, -0.05) is 16.8 Å². The van der Waals surface area contributed by atoms with Crippen LogP contribution in [-0.2, 0) is 11.2 Å². The summed E-state index contributed by atoms with van der Waals surface area (Å²) in [6.45, 7) is 0.221. The Kier molecular flexibility index (Phi) is 5.27. The number of nitrogens with one attached hydrogen (secondary N) is 1. The van der Waals surface area contributed by atoms with Crippen LogP contribution in [0.15, 0.2) is 52.4 Å². The Morgan fingerprint density at radius 1 is 1.06 bits per heavy atom. The number of carbonyl (C=O) groups is 1. The molecule has 1 N–H and O–H groups in total. The molecule has 0 saturated heterocycles. The number of amides is 1. The van der Waals surface area contributed by atoms with Gasteiger partial charge in [-0.05, 0) is 42.5 Å². The van der Waals surface area contributed by atoms with Gasteiger partial charge in [-0.3, -0.25) is 4.79 Å². The van der Waals surface area contributed by atoms with Gasteiger partial charge in [0.05, 0.1) is 5.69 Å². The summed E-state index contributed by atoms with van der Waals surface area (Å²) in [5, 5.41) is 9.79. The van der Waals surface area contributed by atoms with Crippen molar-refractivity contribution >= 4 is 34.0 Å². The molecular formula is C21H15ClN4O4S. The molecule has 0 unspecified atom stereocenters. The van der Waals surface area contributed by atoms with Crippen molar-refractivity contribution in [1.82, 2.24) is 15.1 Å². The maximum absolute atomic E-state index is 12.3. The van der Waals surface area contributed by atoms with E-state index in [9.17, 15) is 4.79 Å². The Labute approximate surface area is 185 Å². The summed E-state index contributed by atoms with van der Waals surface area (Å²) in [6.07, 6.45) is 0.522. The van der Waals surface area contributed by atoms with Gasteiger partial charge >= 0.3 is 0 Å². The first kappa shape index (κ1) is 19.5. The van der Waals surface area contributed by atoms with E-state index in [1.54, 1.807) is 12.1 Å². The maximum atomic E-state index is 12.3. The van der Waals surface area contributed by atoms with Crippen molar-refractivity contribution in [3.63, 3.8) is 0 Å². The largest absolute Gasteiger partial charge is 0.454 e. The molecule has 31 heavy (non-hydrogen) atoms. The molecule has 0 fully saturated rings. The number of halogens is 1. The zero-order chi connectivity index (χ0) is 21.2.